The normalized spacial score (nSPS) is 21.9. The van der Waals surface area contributed by atoms with Gasteiger partial charge < -0.3 is 5.32 Å². The van der Waals surface area contributed by atoms with Crippen molar-refractivity contribution >= 4 is 18.4 Å². The van der Waals surface area contributed by atoms with E-state index in [-0.39, 0.29) is 11.0 Å². The highest BCUT2D eigenvalue weighted by molar-refractivity contribution is 7.81. The van der Waals surface area contributed by atoms with Crippen LogP contribution in [0.1, 0.15) is 29.6 Å². The SMILES string of the molecule is O=C(CC(S)[C@@H]1CCCN1)c1ccccc1. The Morgan fingerprint density at radius 2 is 2.19 bits per heavy atom. The third-order valence-electron chi connectivity index (χ3n) is 3.05. The van der Waals surface area contributed by atoms with Gasteiger partial charge in [-0.15, -0.1) is 0 Å². The van der Waals surface area contributed by atoms with E-state index in [0.717, 1.165) is 18.5 Å². The van der Waals surface area contributed by atoms with Gasteiger partial charge in [-0.3, -0.25) is 4.79 Å². The fraction of sp³-hybridized carbons (Fsp3) is 0.462. The van der Waals surface area contributed by atoms with Crippen LogP contribution in [0.15, 0.2) is 30.3 Å². The first-order valence-corrected chi connectivity index (χ1v) is 6.29. The molecular weight excluding hydrogens is 218 g/mol. The quantitative estimate of drug-likeness (QED) is 0.619. The van der Waals surface area contributed by atoms with Gasteiger partial charge in [0.15, 0.2) is 5.78 Å². The molecule has 16 heavy (non-hydrogen) atoms. The monoisotopic (exact) mass is 235 g/mol. The van der Waals surface area contributed by atoms with Gasteiger partial charge in [-0.05, 0) is 19.4 Å². The third kappa shape index (κ3) is 2.86. The van der Waals surface area contributed by atoms with Gasteiger partial charge in [0.05, 0.1) is 0 Å². The zero-order valence-electron chi connectivity index (χ0n) is 9.23. The number of Topliss-reactive ketones (excluding diaryl/α,β-unsaturated/α-hetero) is 1. The minimum atomic E-state index is 0.134. The lowest BCUT2D eigenvalue weighted by Gasteiger charge is -2.17. The van der Waals surface area contributed by atoms with Crippen LogP contribution in [-0.4, -0.2) is 23.6 Å². The van der Waals surface area contributed by atoms with Crippen molar-refractivity contribution in [3.05, 3.63) is 35.9 Å². The first-order chi connectivity index (χ1) is 7.77. The molecule has 2 rings (SSSR count). The highest BCUT2D eigenvalue weighted by Crippen LogP contribution is 2.18. The Hall–Kier alpha value is -0.800. The van der Waals surface area contributed by atoms with Crippen LogP contribution in [0.3, 0.4) is 0 Å². The van der Waals surface area contributed by atoms with Crippen molar-refractivity contribution in [3.8, 4) is 0 Å². The summed E-state index contributed by atoms with van der Waals surface area (Å²) in [5, 5.41) is 3.52. The van der Waals surface area contributed by atoms with Crippen LogP contribution >= 0.6 is 12.6 Å². The molecule has 0 saturated carbocycles. The van der Waals surface area contributed by atoms with Crippen molar-refractivity contribution in [3.63, 3.8) is 0 Å². The molecule has 0 spiro atoms. The van der Waals surface area contributed by atoms with Crippen LogP contribution in [0, 0.1) is 0 Å². The molecule has 1 N–H and O–H groups in total. The second-order valence-corrected chi connectivity index (χ2v) is 4.93. The lowest BCUT2D eigenvalue weighted by atomic mass is 10.0. The van der Waals surface area contributed by atoms with E-state index >= 15 is 0 Å². The van der Waals surface area contributed by atoms with Crippen molar-refractivity contribution in [2.24, 2.45) is 0 Å². The van der Waals surface area contributed by atoms with Gasteiger partial charge in [-0.1, -0.05) is 30.3 Å². The number of carbonyl (C=O) groups is 1. The first kappa shape index (κ1) is 11.7. The summed E-state index contributed by atoms with van der Waals surface area (Å²) in [6.45, 7) is 1.06. The van der Waals surface area contributed by atoms with Crippen molar-refractivity contribution in [1.29, 1.82) is 0 Å². The van der Waals surface area contributed by atoms with Gasteiger partial charge >= 0.3 is 0 Å². The molecule has 86 valence electrons. The van der Waals surface area contributed by atoms with E-state index in [2.05, 4.69) is 17.9 Å². The molecule has 2 atom stereocenters. The number of hydrogen-bond acceptors (Lipinski definition) is 3. The largest absolute Gasteiger partial charge is 0.313 e. The second-order valence-electron chi connectivity index (χ2n) is 4.26. The second kappa shape index (κ2) is 5.51. The van der Waals surface area contributed by atoms with Crippen molar-refractivity contribution < 1.29 is 4.79 Å². The van der Waals surface area contributed by atoms with Gasteiger partial charge in [0, 0.05) is 23.3 Å². The summed E-state index contributed by atoms with van der Waals surface area (Å²) in [6, 6.07) is 9.85. The number of hydrogen-bond donors (Lipinski definition) is 2. The predicted octanol–water partition coefficient (Wildman–Crippen LogP) is 2.31. The number of ketones is 1. The van der Waals surface area contributed by atoms with Crippen LogP contribution in [0.5, 0.6) is 0 Å². The maximum atomic E-state index is 11.9. The van der Waals surface area contributed by atoms with E-state index in [1.807, 2.05) is 30.3 Å². The Morgan fingerprint density at radius 3 is 2.81 bits per heavy atom. The van der Waals surface area contributed by atoms with Crippen molar-refractivity contribution in [2.75, 3.05) is 6.54 Å². The maximum absolute atomic E-state index is 11.9. The zero-order chi connectivity index (χ0) is 11.4. The number of carbonyl (C=O) groups excluding carboxylic acids is 1. The number of rotatable bonds is 4. The molecule has 1 unspecified atom stereocenters. The van der Waals surface area contributed by atoms with E-state index in [9.17, 15) is 4.79 Å². The molecule has 2 nitrogen and oxygen atoms in total. The predicted molar refractivity (Wildman–Crippen MR) is 69.2 cm³/mol. The minimum Gasteiger partial charge on any atom is -0.313 e. The molecule has 1 aromatic rings. The van der Waals surface area contributed by atoms with Crippen LogP contribution in [0.2, 0.25) is 0 Å². The molecule has 0 bridgehead atoms. The smallest absolute Gasteiger partial charge is 0.164 e. The maximum Gasteiger partial charge on any atom is 0.164 e. The average Bonchev–Trinajstić information content (AvgIpc) is 2.83. The Labute approximate surface area is 102 Å². The first-order valence-electron chi connectivity index (χ1n) is 5.77. The Balaban J connectivity index is 1.92. The summed E-state index contributed by atoms with van der Waals surface area (Å²) in [7, 11) is 0. The summed E-state index contributed by atoms with van der Waals surface area (Å²) < 4.78 is 0. The summed E-state index contributed by atoms with van der Waals surface area (Å²) in [5.41, 5.74) is 0.791. The van der Waals surface area contributed by atoms with Gasteiger partial charge in [0.1, 0.15) is 0 Å². The molecule has 1 aliphatic heterocycles. The van der Waals surface area contributed by atoms with Crippen LogP contribution in [0.25, 0.3) is 0 Å². The van der Waals surface area contributed by atoms with Crippen LogP contribution in [-0.2, 0) is 0 Å². The third-order valence-corrected chi connectivity index (χ3v) is 3.60. The molecule has 0 aliphatic carbocycles. The lowest BCUT2D eigenvalue weighted by molar-refractivity contribution is 0.0979. The van der Waals surface area contributed by atoms with E-state index in [1.54, 1.807) is 0 Å². The number of thiol groups is 1. The van der Waals surface area contributed by atoms with E-state index in [0.29, 0.717) is 12.5 Å². The molecule has 1 aromatic carbocycles. The summed E-state index contributed by atoms with van der Waals surface area (Å²) in [6.07, 6.45) is 2.85. The molecule has 0 radical (unpaired) electrons. The van der Waals surface area contributed by atoms with Gasteiger partial charge in [0.2, 0.25) is 0 Å². The number of nitrogens with one attached hydrogen (secondary N) is 1. The average molecular weight is 235 g/mol. The molecule has 1 heterocycles. The van der Waals surface area contributed by atoms with Crippen LogP contribution < -0.4 is 5.32 Å². The van der Waals surface area contributed by atoms with Crippen LogP contribution in [0.4, 0.5) is 0 Å². The summed E-state index contributed by atoms with van der Waals surface area (Å²) in [5.74, 6) is 0.189. The Bertz CT molecular complexity index is 346. The van der Waals surface area contributed by atoms with E-state index in [1.165, 1.54) is 6.42 Å². The highest BCUT2D eigenvalue weighted by Gasteiger charge is 2.23. The minimum absolute atomic E-state index is 0.134. The highest BCUT2D eigenvalue weighted by atomic mass is 32.1. The molecule has 0 aromatic heterocycles. The molecule has 1 aliphatic rings. The molecule has 1 fully saturated rings. The fourth-order valence-electron chi connectivity index (χ4n) is 2.11. The molecular formula is C13H17NOS. The number of benzene rings is 1. The zero-order valence-corrected chi connectivity index (χ0v) is 10.1. The van der Waals surface area contributed by atoms with Gasteiger partial charge in [-0.2, -0.15) is 12.6 Å². The van der Waals surface area contributed by atoms with E-state index in [4.69, 9.17) is 0 Å². The Morgan fingerprint density at radius 1 is 1.44 bits per heavy atom. The Kier molecular flexibility index (Phi) is 4.02. The molecule has 0 amide bonds. The van der Waals surface area contributed by atoms with E-state index < -0.39 is 0 Å². The molecule has 1 saturated heterocycles. The van der Waals surface area contributed by atoms with Gasteiger partial charge in [0.25, 0.3) is 0 Å². The standard InChI is InChI=1S/C13H17NOS/c15-12(10-5-2-1-3-6-10)9-13(16)11-7-4-8-14-11/h1-3,5-6,11,13-14,16H,4,7-9H2/t11-,13?/m0/s1. The lowest BCUT2D eigenvalue weighted by Crippen LogP contribution is -2.32. The van der Waals surface area contributed by atoms with Crippen molar-refractivity contribution in [1.82, 2.24) is 5.32 Å². The summed E-state index contributed by atoms with van der Waals surface area (Å²) in [4.78, 5) is 11.9. The topological polar surface area (TPSA) is 29.1 Å². The molecule has 3 heteroatoms. The van der Waals surface area contributed by atoms with Crippen molar-refractivity contribution in [2.45, 2.75) is 30.6 Å². The van der Waals surface area contributed by atoms with Gasteiger partial charge in [-0.25, -0.2) is 0 Å². The fourth-order valence-corrected chi connectivity index (χ4v) is 2.53. The summed E-state index contributed by atoms with van der Waals surface area (Å²) >= 11 is 4.53.